The van der Waals surface area contributed by atoms with Crippen molar-refractivity contribution in [2.24, 2.45) is 0 Å². The number of aromatic nitrogens is 1. The van der Waals surface area contributed by atoms with Gasteiger partial charge in [0.05, 0.1) is 16.6 Å². The van der Waals surface area contributed by atoms with Crippen molar-refractivity contribution < 1.29 is 9.90 Å². The monoisotopic (exact) mass is 329 g/mol. The van der Waals surface area contributed by atoms with E-state index in [0.717, 1.165) is 15.8 Å². The standard InChI is InChI=1S/C17H12ClNO2S/c18-13-6-2-1-5-11(13)9-12(10-16(20)21)17-19-14-7-3-4-8-15(14)22-17/h1-9H,10H2,(H,20,21)/b12-9-. The van der Waals surface area contributed by atoms with E-state index in [-0.39, 0.29) is 6.42 Å². The van der Waals surface area contributed by atoms with Crippen molar-refractivity contribution in [2.75, 3.05) is 0 Å². The molecule has 0 atom stereocenters. The fourth-order valence-corrected chi connectivity index (χ4v) is 3.31. The number of fused-ring (bicyclic) bond motifs is 1. The van der Waals surface area contributed by atoms with Gasteiger partial charge >= 0.3 is 5.97 Å². The van der Waals surface area contributed by atoms with Crippen LogP contribution in [-0.2, 0) is 4.79 Å². The van der Waals surface area contributed by atoms with Crippen molar-refractivity contribution in [1.29, 1.82) is 0 Å². The second kappa shape index (κ2) is 6.30. The Labute approximate surface area is 136 Å². The van der Waals surface area contributed by atoms with Gasteiger partial charge in [0.2, 0.25) is 0 Å². The molecule has 0 spiro atoms. The predicted octanol–water partition coefficient (Wildman–Crippen LogP) is 4.97. The van der Waals surface area contributed by atoms with E-state index in [2.05, 4.69) is 4.98 Å². The van der Waals surface area contributed by atoms with Crippen LogP contribution in [-0.4, -0.2) is 16.1 Å². The summed E-state index contributed by atoms with van der Waals surface area (Å²) in [5.74, 6) is -0.891. The fraction of sp³-hybridized carbons (Fsp3) is 0.0588. The Morgan fingerprint density at radius 3 is 2.64 bits per heavy atom. The second-order valence-corrected chi connectivity index (χ2v) is 6.19. The predicted molar refractivity (Wildman–Crippen MR) is 91.2 cm³/mol. The Kier molecular flexibility index (Phi) is 4.22. The van der Waals surface area contributed by atoms with Crippen LogP contribution in [0, 0.1) is 0 Å². The first-order valence-electron chi connectivity index (χ1n) is 6.66. The number of carboxylic acids is 1. The van der Waals surface area contributed by atoms with Crippen LogP contribution in [0.4, 0.5) is 0 Å². The molecule has 3 aromatic rings. The summed E-state index contributed by atoms with van der Waals surface area (Å²) in [6.45, 7) is 0. The number of benzene rings is 2. The molecule has 0 unspecified atom stereocenters. The Hall–Kier alpha value is -2.17. The van der Waals surface area contributed by atoms with E-state index in [1.54, 1.807) is 12.1 Å². The lowest BCUT2D eigenvalue weighted by Crippen LogP contribution is -1.97. The molecule has 3 rings (SSSR count). The fourth-order valence-electron chi connectivity index (χ4n) is 2.14. The first kappa shape index (κ1) is 14.8. The highest BCUT2D eigenvalue weighted by atomic mass is 35.5. The van der Waals surface area contributed by atoms with Gasteiger partial charge < -0.3 is 5.11 Å². The molecule has 0 bridgehead atoms. The summed E-state index contributed by atoms with van der Waals surface area (Å²) >= 11 is 7.65. The molecular weight excluding hydrogens is 318 g/mol. The molecule has 2 aromatic carbocycles. The molecule has 1 aromatic heterocycles. The van der Waals surface area contributed by atoms with Crippen LogP contribution in [0.2, 0.25) is 5.02 Å². The number of halogens is 1. The summed E-state index contributed by atoms with van der Waals surface area (Å²) in [5.41, 5.74) is 2.32. The topological polar surface area (TPSA) is 50.2 Å². The van der Waals surface area contributed by atoms with Crippen LogP contribution in [0.15, 0.2) is 48.5 Å². The number of para-hydroxylation sites is 1. The van der Waals surface area contributed by atoms with Crippen molar-refractivity contribution >= 4 is 50.8 Å². The quantitative estimate of drug-likeness (QED) is 0.735. The van der Waals surface area contributed by atoms with Crippen LogP contribution >= 0.6 is 22.9 Å². The van der Waals surface area contributed by atoms with Gasteiger partial charge in [-0.15, -0.1) is 11.3 Å². The zero-order valence-electron chi connectivity index (χ0n) is 11.5. The van der Waals surface area contributed by atoms with E-state index >= 15 is 0 Å². The lowest BCUT2D eigenvalue weighted by atomic mass is 10.1. The van der Waals surface area contributed by atoms with Crippen molar-refractivity contribution in [3.8, 4) is 0 Å². The van der Waals surface area contributed by atoms with Crippen LogP contribution in [0.1, 0.15) is 17.0 Å². The van der Waals surface area contributed by atoms with E-state index in [9.17, 15) is 9.90 Å². The van der Waals surface area contributed by atoms with Crippen molar-refractivity contribution in [3.63, 3.8) is 0 Å². The maximum absolute atomic E-state index is 11.2. The SMILES string of the molecule is O=C(O)C/C(=C/c1ccccc1Cl)c1nc2ccccc2s1. The molecule has 0 saturated carbocycles. The summed E-state index contributed by atoms with van der Waals surface area (Å²) < 4.78 is 1.04. The molecule has 5 heteroatoms. The molecule has 22 heavy (non-hydrogen) atoms. The Morgan fingerprint density at radius 2 is 1.91 bits per heavy atom. The molecule has 0 aliphatic rings. The Morgan fingerprint density at radius 1 is 1.18 bits per heavy atom. The average molecular weight is 330 g/mol. The highest BCUT2D eigenvalue weighted by Gasteiger charge is 2.13. The average Bonchev–Trinajstić information content (AvgIpc) is 2.92. The van der Waals surface area contributed by atoms with Gasteiger partial charge in [-0.3, -0.25) is 4.79 Å². The molecule has 0 aliphatic heterocycles. The largest absolute Gasteiger partial charge is 0.481 e. The summed E-state index contributed by atoms with van der Waals surface area (Å²) in [5, 5.41) is 10.5. The van der Waals surface area contributed by atoms with E-state index in [1.807, 2.05) is 42.5 Å². The van der Waals surface area contributed by atoms with Gasteiger partial charge in [0.25, 0.3) is 0 Å². The van der Waals surface area contributed by atoms with Gasteiger partial charge in [-0.05, 0) is 35.4 Å². The number of thiazole rings is 1. The molecule has 0 aliphatic carbocycles. The molecule has 0 amide bonds. The van der Waals surface area contributed by atoms with Crippen molar-refractivity contribution in [2.45, 2.75) is 6.42 Å². The minimum absolute atomic E-state index is 0.0922. The number of nitrogens with zero attached hydrogens (tertiary/aromatic N) is 1. The smallest absolute Gasteiger partial charge is 0.307 e. The molecule has 1 heterocycles. The third-order valence-corrected chi connectivity index (χ3v) is 4.60. The van der Waals surface area contributed by atoms with Crippen molar-refractivity contribution in [1.82, 2.24) is 4.98 Å². The summed E-state index contributed by atoms with van der Waals surface area (Å²) in [6.07, 6.45) is 1.71. The van der Waals surface area contributed by atoms with Crippen LogP contribution in [0.25, 0.3) is 21.9 Å². The summed E-state index contributed by atoms with van der Waals surface area (Å²) in [4.78, 5) is 15.7. The van der Waals surface area contributed by atoms with Crippen molar-refractivity contribution in [3.05, 3.63) is 64.1 Å². The maximum Gasteiger partial charge on any atom is 0.307 e. The zero-order valence-corrected chi connectivity index (χ0v) is 13.1. The van der Waals surface area contributed by atoms with Gasteiger partial charge in [0.1, 0.15) is 5.01 Å². The Bertz CT molecular complexity index is 837. The Balaban J connectivity index is 2.10. The molecule has 0 saturated heterocycles. The van der Waals surface area contributed by atoms with E-state index < -0.39 is 5.97 Å². The maximum atomic E-state index is 11.2. The zero-order chi connectivity index (χ0) is 15.5. The third-order valence-electron chi connectivity index (χ3n) is 3.15. The van der Waals surface area contributed by atoms with E-state index in [0.29, 0.717) is 15.6 Å². The van der Waals surface area contributed by atoms with Gasteiger partial charge in [-0.2, -0.15) is 0 Å². The first-order chi connectivity index (χ1) is 10.6. The number of hydrogen-bond donors (Lipinski definition) is 1. The minimum atomic E-state index is -0.891. The molecule has 110 valence electrons. The normalized spacial score (nSPS) is 11.8. The highest BCUT2D eigenvalue weighted by Crippen LogP contribution is 2.31. The molecule has 1 N–H and O–H groups in total. The van der Waals surface area contributed by atoms with Gasteiger partial charge in [0.15, 0.2) is 0 Å². The number of carboxylic acid groups (broad SMARTS) is 1. The van der Waals surface area contributed by atoms with Gasteiger partial charge in [0, 0.05) is 5.02 Å². The lowest BCUT2D eigenvalue weighted by molar-refractivity contribution is -0.135. The first-order valence-corrected chi connectivity index (χ1v) is 7.86. The number of rotatable bonds is 4. The number of hydrogen-bond acceptors (Lipinski definition) is 3. The van der Waals surface area contributed by atoms with E-state index in [1.165, 1.54) is 11.3 Å². The van der Waals surface area contributed by atoms with Crippen LogP contribution < -0.4 is 0 Å². The highest BCUT2D eigenvalue weighted by molar-refractivity contribution is 7.19. The van der Waals surface area contributed by atoms with Crippen LogP contribution in [0.5, 0.6) is 0 Å². The second-order valence-electron chi connectivity index (χ2n) is 4.75. The number of aliphatic carboxylic acids is 1. The van der Waals surface area contributed by atoms with Crippen LogP contribution in [0.3, 0.4) is 0 Å². The molecule has 0 radical (unpaired) electrons. The molecular formula is C17H12ClNO2S. The summed E-state index contributed by atoms with van der Waals surface area (Å²) in [7, 11) is 0. The number of carbonyl (C=O) groups is 1. The van der Waals surface area contributed by atoms with Gasteiger partial charge in [-0.1, -0.05) is 41.9 Å². The minimum Gasteiger partial charge on any atom is -0.481 e. The van der Waals surface area contributed by atoms with Gasteiger partial charge in [-0.25, -0.2) is 4.98 Å². The third kappa shape index (κ3) is 3.18. The lowest BCUT2D eigenvalue weighted by Gasteiger charge is -2.03. The summed E-state index contributed by atoms with van der Waals surface area (Å²) in [6, 6.07) is 15.1. The molecule has 0 fully saturated rings. The van der Waals surface area contributed by atoms with E-state index in [4.69, 9.17) is 11.6 Å². The molecule has 3 nitrogen and oxygen atoms in total.